The number of rotatable bonds is 2. The Balaban J connectivity index is 2.85. The molecule has 0 aromatic rings. The molecule has 1 aliphatic rings. The van der Waals surface area contributed by atoms with Crippen LogP contribution in [0.15, 0.2) is 11.3 Å². The first-order chi connectivity index (χ1) is 6.65. The molecule has 4 heteroatoms. The lowest BCUT2D eigenvalue weighted by molar-refractivity contribution is -0.137. The van der Waals surface area contributed by atoms with Crippen molar-refractivity contribution in [2.24, 2.45) is 0 Å². The normalized spacial score (nSPS) is 15.1. The first-order valence-electron chi connectivity index (χ1n) is 4.73. The summed E-state index contributed by atoms with van der Waals surface area (Å²) in [5, 5.41) is 2.54. The van der Waals surface area contributed by atoms with E-state index in [1.807, 2.05) is 0 Å². The third kappa shape index (κ3) is 2.58. The predicted octanol–water partition coefficient (Wildman–Crippen LogP) is 1.12. The molecule has 1 fully saturated rings. The zero-order valence-electron chi connectivity index (χ0n) is 8.55. The van der Waals surface area contributed by atoms with Gasteiger partial charge in [-0.25, -0.2) is 4.79 Å². The molecule has 4 nitrogen and oxygen atoms in total. The number of allylic oxidation sites excluding steroid dienone is 1. The second-order valence-electron chi connectivity index (χ2n) is 3.36. The maximum atomic E-state index is 11.3. The fraction of sp³-hybridized carbons (Fsp3) is 0.600. The number of methoxy groups -OCH3 is 1. The summed E-state index contributed by atoms with van der Waals surface area (Å²) in [5.41, 5.74) is 1.35. The molecule has 0 aromatic carbocycles. The van der Waals surface area contributed by atoms with Gasteiger partial charge in [-0.2, -0.15) is 0 Å². The number of amides is 1. The monoisotopic (exact) mass is 197 g/mol. The molecule has 0 bridgehead atoms. The number of carbonyl (C=O) groups excluding carboxylic acids is 2. The smallest absolute Gasteiger partial charge is 0.354 e. The van der Waals surface area contributed by atoms with Crippen LogP contribution in [0.3, 0.4) is 0 Å². The summed E-state index contributed by atoms with van der Waals surface area (Å²) < 4.78 is 4.61. The van der Waals surface area contributed by atoms with Gasteiger partial charge in [0.1, 0.15) is 5.70 Å². The van der Waals surface area contributed by atoms with Gasteiger partial charge >= 0.3 is 5.97 Å². The minimum atomic E-state index is -0.447. The molecule has 1 N–H and O–H groups in total. The fourth-order valence-electron chi connectivity index (χ4n) is 1.61. The molecule has 0 heterocycles. The van der Waals surface area contributed by atoms with Crippen LogP contribution in [0.2, 0.25) is 0 Å². The van der Waals surface area contributed by atoms with E-state index >= 15 is 0 Å². The highest BCUT2D eigenvalue weighted by molar-refractivity contribution is 5.93. The summed E-state index contributed by atoms with van der Waals surface area (Å²) in [4.78, 5) is 22.2. The van der Waals surface area contributed by atoms with Gasteiger partial charge in [0.15, 0.2) is 0 Å². The summed E-state index contributed by atoms with van der Waals surface area (Å²) in [6.45, 7) is 1.39. The van der Waals surface area contributed by atoms with Crippen LogP contribution in [0.25, 0.3) is 0 Å². The molecule has 1 rings (SSSR count). The molecule has 1 amide bonds. The van der Waals surface area contributed by atoms with E-state index in [9.17, 15) is 9.59 Å². The largest absolute Gasteiger partial charge is 0.464 e. The van der Waals surface area contributed by atoms with Crippen molar-refractivity contribution in [1.82, 2.24) is 5.32 Å². The highest BCUT2D eigenvalue weighted by atomic mass is 16.5. The van der Waals surface area contributed by atoms with Crippen LogP contribution in [0.5, 0.6) is 0 Å². The van der Waals surface area contributed by atoms with Crippen LogP contribution in [-0.2, 0) is 14.3 Å². The van der Waals surface area contributed by atoms with E-state index in [1.165, 1.54) is 14.0 Å². The quantitative estimate of drug-likeness (QED) is 0.533. The van der Waals surface area contributed by atoms with E-state index in [0.29, 0.717) is 5.70 Å². The minimum Gasteiger partial charge on any atom is -0.464 e. The van der Waals surface area contributed by atoms with Crippen molar-refractivity contribution >= 4 is 11.9 Å². The van der Waals surface area contributed by atoms with Gasteiger partial charge in [-0.1, -0.05) is 0 Å². The maximum absolute atomic E-state index is 11.3. The van der Waals surface area contributed by atoms with Crippen LogP contribution < -0.4 is 5.32 Å². The third-order valence-electron chi connectivity index (χ3n) is 2.25. The highest BCUT2D eigenvalue weighted by Crippen LogP contribution is 2.26. The van der Waals surface area contributed by atoms with Crippen LogP contribution >= 0.6 is 0 Å². The Hall–Kier alpha value is -1.32. The summed E-state index contributed by atoms with van der Waals surface area (Å²) in [6.07, 6.45) is 3.92. The van der Waals surface area contributed by atoms with Crippen molar-refractivity contribution in [3.05, 3.63) is 11.3 Å². The number of nitrogens with one attached hydrogen (secondary N) is 1. The average Bonchev–Trinajstić information content (AvgIpc) is 2.65. The molecule has 1 saturated carbocycles. The van der Waals surface area contributed by atoms with Gasteiger partial charge in [0.2, 0.25) is 5.91 Å². The molecule has 0 aromatic heterocycles. The van der Waals surface area contributed by atoms with Gasteiger partial charge in [0.05, 0.1) is 7.11 Å². The third-order valence-corrected chi connectivity index (χ3v) is 2.25. The lowest BCUT2D eigenvalue weighted by atomic mass is 10.1. The zero-order valence-corrected chi connectivity index (χ0v) is 8.55. The van der Waals surface area contributed by atoms with Crippen molar-refractivity contribution in [2.45, 2.75) is 32.6 Å². The summed E-state index contributed by atoms with van der Waals surface area (Å²) >= 11 is 0. The molecule has 0 aliphatic heterocycles. The van der Waals surface area contributed by atoms with Crippen LogP contribution in [0.1, 0.15) is 32.6 Å². The first-order valence-corrected chi connectivity index (χ1v) is 4.73. The summed E-state index contributed by atoms with van der Waals surface area (Å²) in [6, 6.07) is 0. The van der Waals surface area contributed by atoms with Crippen molar-refractivity contribution in [1.29, 1.82) is 0 Å². The molecular formula is C10H15NO3. The first kappa shape index (κ1) is 10.8. The molecule has 0 unspecified atom stereocenters. The van der Waals surface area contributed by atoms with Gasteiger partial charge in [0, 0.05) is 6.92 Å². The molecule has 0 spiro atoms. The van der Waals surface area contributed by atoms with E-state index in [2.05, 4.69) is 10.1 Å². The van der Waals surface area contributed by atoms with E-state index in [4.69, 9.17) is 0 Å². The van der Waals surface area contributed by atoms with Gasteiger partial charge in [-0.3, -0.25) is 4.79 Å². The molecular weight excluding hydrogens is 182 g/mol. The van der Waals surface area contributed by atoms with Crippen molar-refractivity contribution < 1.29 is 14.3 Å². The second-order valence-corrected chi connectivity index (χ2v) is 3.36. The van der Waals surface area contributed by atoms with Crippen LogP contribution in [0.4, 0.5) is 0 Å². The Morgan fingerprint density at radius 3 is 2.29 bits per heavy atom. The van der Waals surface area contributed by atoms with Gasteiger partial charge in [0.25, 0.3) is 0 Å². The van der Waals surface area contributed by atoms with Crippen molar-refractivity contribution in [3.8, 4) is 0 Å². The molecule has 0 radical (unpaired) electrons. The Bertz CT molecular complexity index is 273. The molecule has 78 valence electrons. The maximum Gasteiger partial charge on any atom is 0.354 e. The summed E-state index contributed by atoms with van der Waals surface area (Å²) in [5.74, 6) is -0.679. The van der Waals surface area contributed by atoms with Crippen molar-refractivity contribution in [2.75, 3.05) is 7.11 Å². The topological polar surface area (TPSA) is 55.4 Å². The lowest BCUT2D eigenvalue weighted by Gasteiger charge is -2.09. The highest BCUT2D eigenvalue weighted by Gasteiger charge is 2.19. The van der Waals surface area contributed by atoms with E-state index in [1.54, 1.807) is 0 Å². The van der Waals surface area contributed by atoms with Gasteiger partial charge < -0.3 is 10.1 Å². The van der Waals surface area contributed by atoms with Crippen LogP contribution in [0, 0.1) is 0 Å². The number of hydrogen-bond acceptors (Lipinski definition) is 3. The van der Waals surface area contributed by atoms with Gasteiger partial charge in [-0.05, 0) is 31.3 Å². The van der Waals surface area contributed by atoms with Crippen LogP contribution in [-0.4, -0.2) is 19.0 Å². The number of carbonyl (C=O) groups is 2. The Labute approximate surface area is 83.3 Å². The fourth-order valence-corrected chi connectivity index (χ4v) is 1.61. The van der Waals surface area contributed by atoms with E-state index in [-0.39, 0.29) is 5.91 Å². The van der Waals surface area contributed by atoms with E-state index < -0.39 is 5.97 Å². The number of ether oxygens (including phenoxy) is 1. The van der Waals surface area contributed by atoms with Gasteiger partial charge in [-0.15, -0.1) is 0 Å². The second kappa shape index (κ2) is 4.79. The molecule has 1 aliphatic carbocycles. The zero-order chi connectivity index (χ0) is 10.6. The SMILES string of the molecule is COC(=O)C(NC(C)=O)=C1CCCC1. The number of hydrogen-bond donors (Lipinski definition) is 1. The Morgan fingerprint density at radius 1 is 1.29 bits per heavy atom. The molecule has 0 atom stereocenters. The predicted molar refractivity (Wildman–Crippen MR) is 51.3 cm³/mol. The number of esters is 1. The Morgan fingerprint density at radius 2 is 1.86 bits per heavy atom. The van der Waals surface area contributed by atoms with Crippen molar-refractivity contribution in [3.63, 3.8) is 0 Å². The lowest BCUT2D eigenvalue weighted by Crippen LogP contribution is -2.27. The standard InChI is InChI=1S/C10H15NO3/c1-7(12)11-9(10(13)14-2)8-5-3-4-6-8/h3-6H2,1-2H3,(H,11,12). The minimum absolute atomic E-state index is 0.232. The average molecular weight is 197 g/mol. The molecule has 0 saturated heterocycles. The Kier molecular flexibility index (Phi) is 3.68. The van der Waals surface area contributed by atoms with E-state index in [0.717, 1.165) is 31.3 Å². The summed E-state index contributed by atoms with van der Waals surface area (Å²) in [7, 11) is 1.32. The molecule has 14 heavy (non-hydrogen) atoms.